The first kappa shape index (κ1) is 17.0. The van der Waals surface area contributed by atoms with Crippen LogP contribution in [0.4, 0.5) is 0 Å². The Bertz CT molecular complexity index is 758. The molecule has 130 valence electrons. The molecular formula is C17H23N3O3S. The number of amides is 1. The average molecular weight is 349 g/mol. The molecule has 2 heterocycles. The summed E-state index contributed by atoms with van der Waals surface area (Å²) in [5.41, 5.74) is 0.643. The van der Waals surface area contributed by atoms with Crippen LogP contribution < -0.4 is 5.32 Å². The van der Waals surface area contributed by atoms with Crippen molar-refractivity contribution in [1.29, 1.82) is 0 Å². The summed E-state index contributed by atoms with van der Waals surface area (Å²) in [6.07, 6.45) is 3.70. The number of fused-ring (bicyclic) bond motifs is 1. The molecule has 0 unspecified atom stereocenters. The van der Waals surface area contributed by atoms with Crippen molar-refractivity contribution in [2.45, 2.75) is 37.5 Å². The molecule has 1 aromatic rings. The van der Waals surface area contributed by atoms with Crippen molar-refractivity contribution in [3.05, 3.63) is 29.8 Å². The van der Waals surface area contributed by atoms with Crippen LogP contribution in [0.5, 0.6) is 0 Å². The van der Waals surface area contributed by atoms with Gasteiger partial charge in [-0.3, -0.25) is 4.79 Å². The fourth-order valence-corrected chi connectivity index (χ4v) is 4.46. The fraction of sp³-hybridized carbons (Fsp3) is 0.529. The van der Waals surface area contributed by atoms with Crippen molar-refractivity contribution in [1.82, 2.24) is 10.2 Å². The molecule has 1 N–H and O–H groups in total. The van der Waals surface area contributed by atoms with Crippen LogP contribution >= 0.6 is 0 Å². The van der Waals surface area contributed by atoms with E-state index in [1.54, 1.807) is 18.2 Å². The number of hydrogen-bond donors (Lipinski definition) is 1. The van der Waals surface area contributed by atoms with Gasteiger partial charge >= 0.3 is 0 Å². The first-order chi connectivity index (χ1) is 11.5. The summed E-state index contributed by atoms with van der Waals surface area (Å²) in [4.78, 5) is 14.5. The average Bonchev–Trinajstić information content (AvgIpc) is 2.87. The molecule has 1 saturated heterocycles. The van der Waals surface area contributed by atoms with Gasteiger partial charge in [0.1, 0.15) is 4.90 Å². The number of unbranched alkanes of at least 4 members (excludes halogenated alkanes) is 1. The Labute approximate surface area is 143 Å². The second kappa shape index (κ2) is 6.93. The van der Waals surface area contributed by atoms with Crippen LogP contribution in [0, 0.1) is 5.92 Å². The number of nitrogens with one attached hydrogen (secondary N) is 1. The van der Waals surface area contributed by atoms with Crippen LogP contribution in [0.1, 0.15) is 38.2 Å². The Morgan fingerprint density at radius 3 is 2.96 bits per heavy atom. The molecule has 2 aliphatic heterocycles. The van der Waals surface area contributed by atoms with Gasteiger partial charge in [0.25, 0.3) is 10.0 Å². The zero-order chi connectivity index (χ0) is 17.2. The van der Waals surface area contributed by atoms with Crippen molar-refractivity contribution >= 4 is 21.8 Å². The molecule has 1 fully saturated rings. The van der Waals surface area contributed by atoms with E-state index in [0.717, 1.165) is 32.2 Å². The fourth-order valence-electron chi connectivity index (χ4n) is 3.23. The molecule has 0 radical (unpaired) electrons. The molecule has 24 heavy (non-hydrogen) atoms. The van der Waals surface area contributed by atoms with Crippen molar-refractivity contribution in [2.75, 3.05) is 19.6 Å². The zero-order valence-corrected chi connectivity index (χ0v) is 14.7. The Balaban J connectivity index is 1.75. The molecule has 1 aromatic carbocycles. The van der Waals surface area contributed by atoms with Gasteiger partial charge in [-0.15, -0.1) is 4.40 Å². The Morgan fingerprint density at radius 2 is 2.17 bits per heavy atom. The smallest absolute Gasteiger partial charge is 0.285 e. The van der Waals surface area contributed by atoms with Gasteiger partial charge in [0.2, 0.25) is 5.91 Å². The lowest BCUT2D eigenvalue weighted by Crippen LogP contribution is -2.45. The maximum Gasteiger partial charge on any atom is 0.285 e. The molecular weight excluding hydrogens is 326 g/mol. The van der Waals surface area contributed by atoms with Gasteiger partial charge in [0.15, 0.2) is 5.84 Å². The van der Waals surface area contributed by atoms with E-state index in [-0.39, 0.29) is 16.7 Å². The van der Waals surface area contributed by atoms with Crippen LogP contribution in [0.25, 0.3) is 0 Å². The van der Waals surface area contributed by atoms with E-state index >= 15 is 0 Å². The number of rotatable bonds is 4. The highest BCUT2D eigenvalue weighted by molar-refractivity contribution is 7.90. The lowest BCUT2D eigenvalue weighted by molar-refractivity contribution is -0.126. The van der Waals surface area contributed by atoms with E-state index in [2.05, 4.69) is 16.6 Å². The highest BCUT2D eigenvalue weighted by Crippen LogP contribution is 2.29. The first-order valence-corrected chi connectivity index (χ1v) is 9.94. The molecule has 0 aliphatic carbocycles. The van der Waals surface area contributed by atoms with Crippen molar-refractivity contribution < 1.29 is 13.2 Å². The van der Waals surface area contributed by atoms with Crippen molar-refractivity contribution in [3.63, 3.8) is 0 Å². The number of hydrogen-bond acceptors (Lipinski definition) is 4. The number of carbonyl (C=O) groups is 1. The Hall–Kier alpha value is -1.89. The highest BCUT2D eigenvalue weighted by Gasteiger charge is 2.35. The summed E-state index contributed by atoms with van der Waals surface area (Å²) in [6, 6.07) is 6.88. The standard InChI is InChI=1S/C17H23N3O3S/c1-2-3-10-18-17(21)13-7-6-11-20(12-13)16-14-8-4-5-9-15(14)24(22,23)19-16/h4-5,8-9,13H,2-3,6-7,10-12H2,1H3,(H,18,21)/t13-/m1/s1. The van der Waals surface area contributed by atoms with Crippen LogP contribution in [-0.2, 0) is 14.8 Å². The maximum atomic E-state index is 12.3. The lowest BCUT2D eigenvalue weighted by Gasteiger charge is -2.33. The minimum Gasteiger partial charge on any atom is -0.356 e. The van der Waals surface area contributed by atoms with E-state index in [0.29, 0.717) is 24.5 Å². The monoisotopic (exact) mass is 349 g/mol. The molecule has 3 rings (SSSR count). The molecule has 1 amide bonds. The minimum absolute atomic E-state index is 0.0582. The predicted molar refractivity (Wildman–Crippen MR) is 92.4 cm³/mol. The van der Waals surface area contributed by atoms with Crippen molar-refractivity contribution in [2.24, 2.45) is 10.3 Å². The van der Waals surface area contributed by atoms with Gasteiger partial charge in [0.05, 0.1) is 5.92 Å². The summed E-state index contributed by atoms with van der Waals surface area (Å²) >= 11 is 0. The third-order valence-electron chi connectivity index (χ3n) is 4.53. The second-order valence-corrected chi connectivity index (χ2v) is 7.89. The maximum absolute atomic E-state index is 12.3. The van der Waals surface area contributed by atoms with Gasteiger partial charge < -0.3 is 10.2 Å². The van der Waals surface area contributed by atoms with Gasteiger partial charge in [-0.05, 0) is 31.4 Å². The third kappa shape index (κ3) is 3.31. The predicted octanol–water partition coefficient (Wildman–Crippen LogP) is 1.76. The summed E-state index contributed by atoms with van der Waals surface area (Å²) in [6.45, 7) is 4.02. The number of benzene rings is 1. The number of piperidine rings is 1. The first-order valence-electron chi connectivity index (χ1n) is 8.50. The molecule has 0 bridgehead atoms. The van der Waals surface area contributed by atoms with Crippen LogP contribution in [0.15, 0.2) is 33.6 Å². The molecule has 0 spiro atoms. The van der Waals surface area contributed by atoms with Gasteiger partial charge in [-0.25, -0.2) is 0 Å². The largest absolute Gasteiger partial charge is 0.356 e. The second-order valence-electron chi connectivity index (χ2n) is 6.32. The third-order valence-corrected chi connectivity index (χ3v) is 5.86. The molecule has 1 atom stereocenters. The van der Waals surface area contributed by atoms with Crippen LogP contribution in [0.3, 0.4) is 0 Å². The van der Waals surface area contributed by atoms with Gasteiger partial charge in [-0.2, -0.15) is 8.42 Å². The van der Waals surface area contributed by atoms with E-state index in [9.17, 15) is 13.2 Å². The molecule has 7 heteroatoms. The molecule has 0 aromatic heterocycles. The number of nitrogens with zero attached hydrogens (tertiary/aromatic N) is 2. The summed E-state index contributed by atoms with van der Waals surface area (Å²) in [7, 11) is -3.61. The van der Waals surface area contributed by atoms with E-state index in [4.69, 9.17) is 0 Å². The molecule has 0 saturated carbocycles. The zero-order valence-electron chi connectivity index (χ0n) is 13.9. The number of likely N-dealkylation sites (tertiary alicyclic amines) is 1. The lowest BCUT2D eigenvalue weighted by atomic mass is 9.96. The molecule has 2 aliphatic rings. The van der Waals surface area contributed by atoms with Gasteiger partial charge in [-0.1, -0.05) is 25.5 Å². The Morgan fingerprint density at radius 1 is 1.38 bits per heavy atom. The van der Waals surface area contributed by atoms with Crippen LogP contribution in [0.2, 0.25) is 0 Å². The quantitative estimate of drug-likeness (QED) is 0.840. The summed E-state index contributed by atoms with van der Waals surface area (Å²) < 4.78 is 28.4. The number of sulfonamides is 1. The molecule has 6 nitrogen and oxygen atoms in total. The van der Waals surface area contributed by atoms with E-state index in [1.807, 2.05) is 11.0 Å². The van der Waals surface area contributed by atoms with Gasteiger partial charge in [0, 0.05) is 25.2 Å². The van der Waals surface area contributed by atoms with E-state index in [1.165, 1.54) is 0 Å². The topological polar surface area (TPSA) is 78.8 Å². The number of carbonyl (C=O) groups excluding carboxylic acids is 1. The SMILES string of the molecule is CCCCNC(=O)[C@@H]1CCCN(C2=NS(=O)(=O)c3ccccc32)C1. The van der Waals surface area contributed by atoms with E-state index < -0.39 is 10.0 Å². The van der Waals surface area contributed by atoms with Crippen LogP contribution in [-0.4, -0.2) is 44.7 Å². The highest BCUT2D eigenvalue weighted by atomic mass is 32.2. The summed E-state index contributed by atoms with van der Waals surface area (Å²) in [5, 5.41) is 2.98. The Kier molecular flexibility index (Phi) is 4.89. The van der Waals surface area contributed by atoms with Crippen molar-refractivity contribution in [3.8, 4) is 0 Å². The minimum atomic E-state index is -3.61. The number of amidine groups is 1. The summed E-state index contributed by atoms with van der Waals surface area (Å²) in [5.74, 6) is 0.424. The normalized spacial score (nSPS) is 22.0.